The zero-order valence-corrected chi connectivity index (χ0v) is 18.9. The lowest BCUT2D eigenvalue weighted by atomic mass is 10.1. The van der Waals surface area contributed by atoms with Crippen LogP contribution in [-0.2, 0) is 24.9 Å². The molecule has 1 aliphatic heterocycles. The summed E-state index contributed by atoms with van der Waals surface area (Å²) in [6.07, 6.45) is 2.34. The van der Waals surface area contributed by atoms with E-state index in [1.54, 1.807) is 13.0 Å². The number of hydrogen-bond donors (Lipinski definition) is 2. The summed E-state index contributed by atoms with van der Waals surface area (Å²) in [4.78, 5) is 4.59. The van der Waals surface area contributed by atoms with Gasteiger partial charge in [0, 0.05) is 20.2 Å². The van der Waals surface area contributed by atoms with E-state index in [-0.39, 0.29) is 35.9 Å². The van der Waals surface area contributed by atoms with Crippen LogP contribution < -0.4 is 10.6 Å². The predicted octanol–water partition coefficient (Wildman–Crippen LogP) is 2.60. The minimum absolute atomic E-state index is 0. The van der Waals surface area contributed by atoms with Crippen LogP contribution in [0.1, 0.15) is 35.6 Å². The Bertz CT molecular complexity index is 804. The van der Waals surface area contributed by atoms with E-state index in [2.05, 4.69) is 25.8 Å². The largest absolute Gasteiger partial charge is 0.376 e. The van der Waals surface area contributed by atoms with Crippen molar-refractivity contribution >= 4 is 29.9 Å². The molecule has 0 radical (unpaired) electrons. The van der Waals surface area contributed by atoms with Gasteiger partial charge >= 0.3 is 0 Å². The second-order valence-electron chi connectivity index (χ2n) is 6.84. The van der Waals surface area contributed by atoms with Crippen molar-refractivity contribution in [3.63, 3.8) is 0 Å². The minimum Gasteiger partial charge on any atom is -0.376 e. The first kappa shape index (κ1) is 22.5. The van der Waals surface area contributed by atoms with Gasteiger partial charge in [-0.1, -0.05) is 12.1 Å². The highest BCUT2D eigenvalue weighted by Gasteiger charge is 2.16. The second-order valence-corrected chi connectivity index (χ2v) is 6.84. The zero-order valence-electron chi connectivity index (χ0n) is 16.5. The Balaban J connectivity index is 0.00000280. The highest BCUT2D eigenvalue weighted by atomic mass is 127. The van der Waals surface area contributed by atoms with Gasteiger partial charge in [-0.15, -0.1) is 34.2 Å². The molecule has 2 heterocycles. The van der Waals surface area contributed by atoms with Gasteiger partial charge in [-0.05, 0) is 43.9 Å². The van der Waals surface area contributed by atoms with Crippen LogP contribution in [0.4, 0.5) is 4.39 Å². The number of benzene rings is 1. The lowest BCUT2D eigenvalue weighted by Gasteiger charge is -2.15. The van der Waals surface area contributed by atoms with Crippen LogP contribution >= 0.6 is 24.0 Å². The molecule has 3 rings (SSSR count). The molecule has 9 heteroatoms. The molecule has 1 fully saturated rings. The summed E-state index contributed by atoms with van der Waals surface area (Å²) in [5.74, 6) is 2.11. The van der Waals surface area contributed by atoms with Gasteiger partial charge in [0.2, 0.25) is 0 Å². The van der Waals surface area contributed by atoms with Gasteiger partial charge in [0.05, 0.1) is 19.2 Å². The minimum atomic E-state index is -0.209. The summed E-state index contributed by atoms with van der Waals surface area (Å²) in [5, 5.41) is 14.8. The standard InChI is InChI=1S/C19H27FN6O.HI/c1-13-6-7-15(9-17(13)20)10-21-19(22-11-16-5-4-8-27-16)23-12-18-25-24-14(2)26(18)3;/h6-7,9,16H,4-5,8,10-12H2,1-3H3,(H2,21,22,23);1H. The maximum absolute atomic E-state index is 13.8. The molecule has 0 amide bonds. The molecule has 1 aromatic carbocycles. The molecule has 28 heavy (non-hydrogen) atoms. The molecule has 0 spiro atoms. The number of halogens is 2. The van der Waals surface area contributed by atoms with Gasteiger partial charge in [0.1, 0.15) is 11.6 Å². The second kappa shape index (κ2) is 10.7. The van der Waals surface area contributed by atoms with Gasteiger partial charge in [-0.2, -0.15) is 0 Å². The van der Waals surface area contributed by atoms with Crippen molar-refractivity contribution < 1.29 is 9.13 Å². The quantitative estimate of drug-likeness (QED) is 0.361. The number of nitrogens with zero attached hydrogens (tertiary/aromatic N) is 4. The Morgan fingerprint density at radius 2 is 2.14 bits per heavy atom. The first-order chi connectivity index (χ1) is 13.0. The average molecular weight is 502 g/mol. The number of hydrogen-bond acceptors (Lipinski definition) is 4. The first-order valence-electron chi connectivity index (χ1n) is 9.26. The number of aryl methyl sites for hydroxylation is 2. The van der Waals surface area contributed by atoms with Crippen LogP contribution in [0.3, 0.4) is 0 Å². The number of ether oxygens (including phenoxy) is 1. The SMILES string of the molecule is Cc1ccc(CN=C(NCc2nnc(C)n2C)NCC2CCCO2)cc1F.I. The van der Waals surface area contributed by atoms with Crippen LogP contribution in [0.25, 0.3) is 0 Å². The Morgan fingerprint density at radius 1 is 1.32 bits per heavy atom. The number of aliphatic imine (C=N–C) groups is 1. The monoisotopic (exact) mass is 502 g/mol. The zero-order chi connectivity index (χ0) is 19.2. The molecule has 1 aliphatic rings. The molecule has 7 nitrogen and oxygen atoms in total. The molecule has 2 N–H and O–H groups in total. The van der Waals surface area contributed by atoms with Crippen molar-refractivity contribution in [2.24, 2.45) is 12.0 Å². The smallest absolute Gasteiger partial charge is 0.192 e. The Labute approximate surface area is 182 Å². The predicted molar refractivity (Wildman–Crippen MR) is 117 cm³/mol. The van der Waals surface area contributed by atoms with Gasteiger partial charge in [-0.3, -0.25) is 0 Å². The van der Waals surface area contributed by atoms with Crippen LogP contribution in [-0.4, -0.2) is 40.0 Å². The summed E-state index contributed by atoms with van der Waals surface area (Å²) >= 11 is 0. The van der Waals surface area contributed by atoms with E-state index < -0.39 is 0 Å². The van der Waals surface area contributed by atoms with Crippen molar-refractivity contribution in [2.45, 2.75) is 45.9 Å². The van der Waals surface area contributed by atoms with Crippen LogP contribution in [0.15, 0.2) is 23.2 Å². The normalized spacial score (nSPS) is 16.7. The van der Waals surface area contributed by atoms with Crippen molar-refractivity contribution in [1.82, 2.24) is 25.4 Å². The topological polar surface area (TPSA) is 76.4 Å². The number of nitrogens with one attached hydrogen (secondary N) is 2. The van der Waals surface area contributed by atoms with E-state index in [1.165, 1.54) is 6.07 Å². The van der Waals surface area contributed by atoms with Crippen molar-refractivity contribution in [3.8, 4) is 0 Å². The molecule has 2 aromatic rings. The van der Waals surface area contributed by atoms with Crippen molar-refractivity contribution in [2.75, 3.05) is 13.2 Å². The third kappa shape index (κ3) is 6.13. The average Bonchev–Trinajstić information content (AvgIpc) is 3.28. The van der Waals surface area contributed by atoms with Crippen molar-refractivity contribution in [3.05, 3.63) is 46.8 Å². The number of rotatable bonds is 6. The first-order valence-corrected chi connectivity index (χ1v) is 9.26. The molecule has 0 bridgehead atoms. The highest BCUT2D eigenvalue weighted by Crippen LogP contribution is 2.11. The summed E-state index contributed by atoms with van der Waals surface area (Å²) in [6.45, 7) is 6.04. The van der Waals surface area contributed by atoms with Crippen LogP contribution in [0, 0.1) is 19.7 Å². The maximum atomic E-state index is 13.8. The fraction of sp³-hybridized carbons (Fsp3) is 0.526. The lowest BCUT2D eigenvalue weighted by Crippen LogP contribution is -2.41. The fourth-order valence-corrected chi connectivity index (χ4v) is 2.86. The molecule has 0 saturated carbocycles. The molecule has 1 saturated heterocycles. The van der Waals surface area contributed by atoms with Crippen LogP contribution in [0.5, 0.6) is 0 Å². The third-order valence-electron chi connectivity index (χ3n) is 4.77. The molecule has 1 atom stereocenters. The van der Waals surface area contributed by atoms with E-state index in [9.17, 15) is 4.39 Å². The van der Waals surface area contributed by atoms with Crippen LogP contribution in [0.2, 0.25) is 0 Å². The molecular weight excluding hydrogens is 474 g/mol. The molecule has 1 aromatic heterocycles. The van der Waals surface area contributed by atoms with Gasteiger partial charge in [0.15, 0.2) is 11.8 Å². The summed E-state index contributed by atoms with van der Waals surface area (Å²) in [5.41, 5.74) is 1.46. The maximum Gasteiger partial charge on any atom is 0.192 e. The summed E-state index contributed by atoms with van der Waals surface area (Å²) < 4.78 is 21.3. The molecule has 154 valence electrons. The Morgan fingerprint density at radius 3 is 2.79 bits per heavy atom. The lowest BCUT2D eigenvalue weighted by molar-refractivity contribution is 0.113. The number of guanidine groups is 1. The highest BCUT2D eigenvalue weighted by molar-refractivity contribution is 14.0. The van der Waals surface area contributed by atoms with E-state index in [1.807, 2.05) is 24.6 Å². The van der Waals surface area contributed by atoms with Gasteiger partial charge < -0.3 is 19.9 Å². The van der Waals surface area contributed by atoms with E-state index in [0.29, 0.717) is 31.2 Å². The molecular formula is C19H28FIN6O. The number of aromatic nitrogens is 3. The molecule has 1 unspecified atom stereocenters. The fourth-order valence-electron chi connectivity index (χ4n) is 2.86. The van der Waals surface area contributed by atoms with E-state index in [4.69, 9.17) is 4.74 Å². The van der Waals surface area contributed by atoms with Crippen molar-refractivity contribution in [1.29, 1.82) is 0 Å². The third-order valence-corrected chi connectivity index (χ3v) is 4.77. The van der Waals surface area contributed by atoms with E-state index >= 15 is 0 Å². The summed E-state index contributed by atoms with van der Waals surface area (Å²) in [6, 6.07) is 5.20. The Kier molecular flexibility index (Phi) is 8.61. The van der Waals surface area contributed by atoms with Gasteiger partial charge in [0.25, 0.3) is 0 Å². The van der Waals surface area contributed by atoms with Gasteiger partial charge in [-0.25, -0.2) is 9.38 Å². The summed E-state index contributed by atoms with van der Waals surface area (Å²) in [7, 11) is 1.93. The Hall–Kier alpha value is -1.75. The van der Waals surface area contributed by atoms with E-state index in [0.717, 1.165) is 36.7 Å². The molecule has 0 aliphatic carbocycles.